The maximum atomic E-state index is 13.6. The summed E-state index contributed by atoms with van der Waals surface area (Å²) in [6, 6.07) is 27.2. The van der Waals surface area contributed by atoms with Gasteiger partial charge in [0.1, 0.15) is 5.70 Å². The lowest BCUT2D eigenvalue weighted by Gasteiger charge is -2.35. The van der Waals surface area contributed by atoms with Gasteiger partial charge in [-0.3, -0.25) is 14.5 Å². The minimum Gasteiger partial charge on any atom is -0.361 e. The first-order valence-corrected chi connectivity index (χ1v) is 11.9. The average molecular weight is 465 g/mol. The number of hydrogen-bond acceptors (Lipinski definition) is 3. The van der Waals surface area contributed by atoms with Gasteiger partial charge in [-0.1, -0.05) is 66.7 Å². The Balaban J connectivity index is 1.35. The second-order valence-corrected chi connectivity index (χ2v) is 8.72. The van der Waals surface area contributed by atoms with Gasteiger partial charge >= 0.3 is 0 Å². The first-order valence-electron chi connectivity index (χ1n) is 11.9. The molecule has 0 radical (unpaired) electrons. The molecule has 6 heteroatoms. The minimum atomic E-state index is -0.298. The third-order valence-corrected chi connectivity index (χ3v) is 6.34. The number of H-pyrrole nitrogens is 1. The van der Waals surface area contributed by atoms with Crippen molar-refractivity contribution in [1.82, 2.24) is 20.1 Å². The Morgan fingerprint density at radius 3 is 2.23 bits per heavy atom. The molecule has 1 aliphatic rings. The van der Waals surface area contributed by atoms with E-state index in [9.17, 15) is 9.59 Å². The SMILES string of the molecule is O=C(N/C(=C\c1c[nH]c2ccccc12)C(=O)N1CCN(Cc2ccccc2)CC1)c1ccccc1. The zero-order valence-corrected chi connectivity index (χ0v) is 19.5. The zero-order chi connectivity index (χ0) is 24.0. The van der Waals surface area contributed by atoms with Crippen molar-refractivity contribution in [2.24, 2.45) is 0 Å². The Kier molecular flexibility index (Phi) is 6.73. The summed E-state index contributed by atoms with van der Waals surface area (Å²) in [6.45, 7) is 3.66. The zero-order valence-electron chi connectivity index (χ0n) is 19.5. The van der Waals surface area contributed by atoms with Gasteiger partial charge in [-0.2, -0.15) is 0 Å². The molecule has 0 aliphatic carbocycles. The Labute approximate surface area is 204 Å². The number of piperazine rings is 1. The van der Waals surface area contributed by atoms with Gasteiger partial charge in [0.05, 0.1) is 0 Å². The van der Waals surface area contributed by atoms with Gasteiger partial charge in [0, 0.05) is 61.0 Å². The lowest BCUT2D eigenvalue weighted by molar-refractivity contribution is -0.129. The molecule has 5 rings (SSSR count). The number of rotatable bonds is 6. The Hall–Kier alpha value is -4.16. The van der Waals surface area contributed by atoms with E-state index in [1.807, 2.05) is 71.8 Å². The van der Waals surface area contributed by atoms with Crippen molar-refractivity contribution >= 4 is 28.8 Å². The fourth-order valence-corrected chi connectivity index (χ4v) is 4.43. The number of carbonyl (C=O) groups is 2. The monoisotopic (exact) mass is 464 g/mol. The number of nitrogens with zero attached hydrogens (tertiary/aromatic N) is 2. The highest BCUT2D eigenvalue weighted by atomic mass is 16.2. The van der Waals surface area contributed by atoms with Crippen molar-refractivity contribution in [3.63, 3.8) is 0 Å². The van der Waals surface area contributed by atoms with Crippen molar-refractivity contribution in [1.29, 1.82) is 0 Å². The van der Waals surface area contributed by atoms with Crippen LogP contribution in [0.5, 0.6) is 0 Å². The molecule has 0 atom stereocenters. The van der Waals surface area contributed by atoms with E-state index in [-0.39, 0.29) is 17.5 Å². The number of para-hydroxylation sites is 1. The molecule has 1 fully saturated rings. The predicted octanol–water partition coefficient (Wildman–Crippen LogP) is 4.28. The van der Waals surface area contributed by atoms with Gasteiger partial charge in [0.15, 0.2) is 0 Å². The molecule has 35 heavy (non-hydrogen) atoms. The number of nitrogens with one attached hydrogen (secondary N) is 2. The Morgan fingerprint density at radius 1 is 0.829 bits per heavy atom. The molecular weight excluding hydrogens is 436 g/mol. The van der Waals surface area contributed by atoms with Gasteiger partial charge in [-0.25, -0.2) is 0 Å². The van der Waals surface area contributed by atoms with Crippen molar-refractivity contribution < 1.29 is 9.59 Å². The number of amides is 2. The first kappa shape index (κ1) is 22.6. The molecule has 3 aromatic carbocycles. The molecule has 0 spiro atoms. The summed E-state index contributed by atoms with van der Waals surface area (Å²) < 4.78 is 0. The third-order valence-electron chi connectivity index (χ3n) is 6.34. The average Bonchev–Trinajstić information content (AvgIpc) is 3.32. The smallest absolute Gasteiger partial charge is 0.270 e. The highest BCUT2D eigenvalue weighted by Gasteiger charge is 2.25. The Morgan fingerprint density at radius 2 is 1.49 bits per heavy atom. The van der Waals surface area contributed by atoms with Crippen LogP contribution < -0.4 is 5.32 Å². The number of benzene rings is 3. The van der Waals surface area contributed by atoms with Crippen LogP contribution in [0.25, 0.3) is 17.0 Å². The van der Waals surface area contributed by atoms with E-state index >= 15 is 0 Å². The molecular formula is C29H28N4O2. The van der Waals surface area contributed by atoms with Crippen LogP contribution in [0, 0.1) is 0 Å². The highest BCUT2D eigenvalue weighted by molar-refractivity contribution is 6.06. The molecule has 1 aromatic heterocycles. The Bertz CT molecular complexity index is 1340. The van der Waals surface area contributed by atoms with E-state index in [2.05, 4.69) is 27.3 Å². The second-order valence-electron chi connectivity index (χ2n) is 8.72. The number of aromatic amines is 1. The minimum absolute atomic E-state index is 0.168. The molecule has 0 unspecified atom stereocenters. The van der Waals surface area contributed by atoms with Gasteiger partial charge < -0.3 is 15.2 Å². The molecule has 2 amide bonds. The summed E-state index contributed by atoms with van der Waals surface area (Å²) in [5.41, 5.74) is 3.90. The maximum absolute atomic E-state index is 13.6. The summed E-state index contributed by atoms with van der Waals surface area (Å²) in [7, 11) is 0. The molecule has 0 saturated carbocycles. The van der Waals surface area contributed by atoms with E-state index in [4.69, 9.17) is 0 Å². The maximum Gasteiger partial charge on any atom is 0.270 e. The molecule has 0 bridgehead atoms. The largest absolute Gasteiger partial charge is 0.361 e. The van der Waals surface area contributed by atoms with E-state index in [1.165, 1.54) is 5.56 Å². The molecule has 4 aromatic rings. The van der Waals surface area contributed by atoms with Crippen molar-refractivity contribution in [3.05, 3.63) is 114 Å². The van der Waals surface area contributed by atoms with Crippen LogP contribution in [-0.2, 0) is 11.3 Å². The topological polar surface area (TPSA) is 68.4 Å². The van der Waals surface area contributed by atoms with E-state index in [0.29, 0.717) is 18.7 Å². The van der Waals surface area contributed by atoms with Crippen molar-refractivity contribution in [2.75, 3.05) is 26.2 Å². The predicted molar refractivity (Wildman–Crippen MR) is 138 cm³/mol. The highest BCUT2D eigenvalue weighted by Crippen LogP contribution is 2.21. The molecule has 2 heterocycles. The van der Waals surface area contributed by atoms with Crippen LogP contribution in [0.3, 0.4) is 0 Å². The van der Waals surface area contributed by atoms with Crippen LogP contribution in [0.4, 0.5) is 0 Å². The number of carbonyl (C=O) groups excluding carboxylic acids is 2. The first-order chi connectivity index (χ1) is 17.2. The molecule has 1 saturated heterocycles. The van der Waals surface area contributed by atoms with Crippen LogP contribution >= 0.6 is 0 Å². The third kappa shape index (κ3) is 5.34. The molecule has 6 nitrogen and oxygen atoms in total. The van der Waals surface area contributed by atoms with E-state index in [1.54, 1.807) is 18.2 Å². The summed E-state index contributed by atoms with van der Waals surface area (Å²) in [5, 5.41) is 3.89. The van der Waals surface area contributed by atoms with Gasteiger partial charge in [-0.15, -0.1) is 0 Å². The number of aromatic nitrogens is 1. The summed E-state index contributed by atoms with van der Waals surface area (Å²) >= 11 is 0. The van der Waals surface area contributed by atoms with Crippen LogP contribution in [0.1, 0.15) is 21.5 Å². The quantitative estimate of drug-likeness (QED) is 0.419. The van der Waals surface area contributed by atoms with Gasteiger partial charge in [-0.05, 0) is 29.8 Å². The lowest BCUT2D eigenvalue weighted by Crippen LogP contribution is -2.50. The van der Waals surface area contributed by atoms with Crippen molar-refractivity contribution in [2.45, 2.75) is 6.54 Å². The number of hydrogen-bond donors (Lipinski definition) is 2. The van der Waals surface area contributed by atoms with Gasteiger partial charge in [0.25, 0.3) is 11.8 Å². The van der Waals surface area contributed by atoms with E-state index < -0.39 is 0 Å². The van der Waals surface area contributed by atoms with Crippen molar-refractivity contribution in [3.8, 4) is 0 Å². The fraction of sp³-hybridized carbons (Fsp3) is 0.172. The standard InChI is InChI=1S/C29H28N4O2/c34-28(23-11-5-2-6-12-23)31-27(19-24-20-30-26-14-8-7-13-25(24)26)29(35)33-17-15-32(16-18-33)21-22-9-3-1-4-10-22/h1-14,19-20,30H,15-18,21H2,(H,31,34)/b27-19-. The van der Waals surface area contributed by atoms with Gasteiger partial charge in [0.2, 0.25) is 0 Å². The number of fused-ring (bicyclic) bond motifs is 1. The molecule has 2 N–H and O–H groups in total. The summed E-state index contributed by atoms with van der Waals surface area (Å²) in [5.74, 6) is -0.466. The summed E-state index contributed by atoms with van der Waals surface area (Å²) in [6.07, 6.45) is 3.64. The van der Waals surface area contributed by atoms with Crippen LogP contribution in [0.15, 0.2) is 96.8 Å². The molecule has 1 aliphatic heterocycles. The second kappa shape index (κ2) is 10.4. The fourth-order valence-electron chi connectivity index (χ4n) is 4.43. The lowest BCUT2D eigenvalue weighted by atomic mass is 10.1. The summed E-state index contributed by atoms with van der Waals surface area (Å²) in [4.78, 5) is 34.0. The van der Waals surface area contributed by atoms with Crippen LogP contribution in [0.2, 0.25) is 0 Å². The van der Waals surface area contributed by atoms with Crippen LogP contribution in [-0.4, -0.2) is 52.8 Å². The normalized spacial score (nSPS) is 14.7. The molecule has 176 valence electrons. The van der Waals surface area contributed by atoms with E-state index in [0.717, 1.165) is 36.1 Å².